The predicted octanol–water partition coefficient (Wildman–Crippen LogP) is 2.50. The van der Waals surface area contributed by atoms with Crippen LogP contribution in [0.5, 0.6) is 0 Å². The highest BCUT2D eigenvalue weighted by Crippen LogP contribution is 2.31. The summed E-state index contributed by atoms with van der Waals surface area (Å²) in [7, 11) is 4.08. The molecule has 21 heavy (non-hydrogen) atoms. The molecule has 3 heteroatoms. The van der Waals surface area contributed by atoms with Crippen molar-refractivity contribution in [1.29, 1.82) is 0 Å². The largest absolute Gasteiger partial charge is 0.391 e. The summed E-state index contributed by atoms with van der Waals surface area (Å²) in [6, 6.07) is 16.8. The fourth-order valence-corrected chi connectivity index (χ4v) is 2.96. The van der Waals surface area contributed by atoms with E-state index in [1.165, 1.54) is 22.4 Å². The summed E-state index contributed by atoms with van der Waals surface area (Å²) in [5.41, 5.74) is 4.92. The molecule has 0 saturated heterocycles. The Labute approximate surface area is 126 Å². The van der Waals surface area contributed by atoms with Crippen LogP contribution in [0, 0.1) is 0 Å². The summed E-state index contributed by atoms with van der Waals surface area (Å²) in [6.45, 7) is 0.768. The lowest BCUT2D eigenvalue weighted by Gasteiger charge is -2.18. The fourth-order valence-electron chi connectivity index (χ4n) is 2.96. The van der Waals surface area contributed by atoms with Crippen molar-refractivity contribution < 1.29 is 5.11 Å². The molecule has 0 radical (unpaired) electrons. The molecule has 0 heterocycles. The Morgan fingerprint density at radius 3 is 2.52 bits per heavy atom. The molecule has 0 unspecified atom stereocenters. The summed E-state index contributed by atoms with van der Waals surface area (Å²) in [6.07, 6.45) is 0.413. The highest BCUT2D eigenvalue weighted by molar-refractivity contribution is 5.46. The standard InChI is InChI=1S/C18H22N2O/c1-20(2)15-9-7-13(8-10-15)12-19-18-16-6-4-3-5-14(16)11-17(18)21/h3-10,17-19,21H,11-12H2,1-2H3/t17-,18+/m1/s1. The number of nitrogens with one attached hydrogen (secondary N) is 1. The summed E-state index contributed by atoms with van der Waals surface area (Å²) in [4.78, 5) is 2.09. The molecule has 2 N–H and O–H groups in total. The number of fused-ring (bicyclic) bond motifs is 1. The molecule has 3 nitrogen and oxygen atoms in total. The van der Waals surface area contributed by atoms with E-state index in [9.17, 15) is 5.11 Å². The third kappa shape index (κ3) is 2.94. The molecule has 0 amide bonds. The van der Waals surface area contributed by atoms with Gasteiger partial charge in [0, 0.05) is 32.7 Å². The van der Waals surface area contributed by atoms with Crippen molar-refractivity contribution in [1.82, 2.24) is 5.32 Å². The zero-order valence-electron chi connectivity index (χ0n) is 12.6. The van der Waals surface area contributed by atoms with Crippen LogP contribution >= 0.6 is 0 Å². The normalized spacial score (nSPS) is 20.3. The molecule has 0 fully saturated rings. The summed E-state index contributed by atoms with van der Waals surface area (Å²) < 4.78 is 0. The average Bonchev–Trinajstić information content (AvgIpc) is 2.81. The van der Waals surface area contributed by atoms with E-state index in [0.717, 1.165) is 13.0 Å². The highest BCUT2D eigenvalue weighted by Gasteiger charge is 2.29. The maximum Gasteiger partial charge on any atom is 0.0775 e. The van der Waals surface area contributed by atoms with E-state index in [1.54, 1.807) is 0 Å². The fraction of sp³-hybridized carbons (Fsp3) is 0.333. The number of rotatable bonds is 4. The second-order valence-electron chi connectivity index (χ2n) is 5.89. The van der Waals surface area contributed by atoms with Gasteiger partial charge in [-0.25, -0.2) is 0 Å². The Bertz CT molecular complexity index is 607. The first kappa shape index (κ1) is 14.1. The number of anilines is 1. The van der Waals surface area contributed by atoms with Gasteiger partial charge < -0.3 is 15.3 Å². The van der Waals surface area contributed by atoms with E-state index in [4.69, 9.17) is 0 Å². The molecule has 2 aromatic rings. The van der Waals surface area contributed by atoms with Crippen molar-refractivity contribution in [2.24, 2.45) is 0 Å². The van der Waals surface area contributed by atoms with Crippen LogP contribution in [-0.2, 0) is 13.0 Å². The first-order valence-electron chi connectivity index (χ1n) is 7.40. The van der Waals surface area contributed by atoms with E-state index >= 15 is 0 Å². The van der Waals surface area contributed by atoms with Gasteiger partial charge in [0.05, 0.1) is 12.1 Å². The SMILES string of the molecule is CN(C)c1ccc(CN[C@H]2c3ccccc3C[C@H]2O)cc1. The molecule has 0 aromatic heterocycles. The predicted molar refractivity (Wildman–Crippen MR) is 86.5 cm³/mol. The van der Waals surface area contributed by atoms with Crippen LogP contribution in [0.2, 0.25) is 0 Å². The van der Waals surface area contributed by atoms with Gasteiger partial charge in [-0.15, -0.1) is 0 Å². The molecule has 2 atom stereocenters. The Balaban J connectivity index is 1.68. The van der Waals surface area contributed by atoms with Gasteiger partial charge in [0.15, 0.2) is 0 Å². The van der Waals surface area contributed by atoms with E-state index in [0.29, 0.717) is 0 Å². The molecule has 3 rings (SSSR count). The molecule has 2 aromatic carbocycles. The summed E-state index contributed by atoms with van der Waals surface area (Å²) >= 11 is 0. The molecular formula is C18H22N2O. The van der Waals surface area contributed by atoms with Crippen molar-refractivity contribution in [3.63, 3.8) is 0 Å². The zero-order valence-corrected chi connectivity index (χ0v) is 12.6. The van der Waals surface area contributed by atoms with Crippen molar-refractivity contribution in [3.8, 4) is 0 Å². The van der Waals surface area contributed by atoms with E-state index in [-0.39, 0.29) is 12.1 Å². The molecule has 1 aliphatic carbocycles. The van der Waals surface area contributed by atoms with Gasteiger partial charge in [0.2, 0.25) is 0 Å². The van der Waals surface area contributed by atoms with Gasteiger partial charge in [-0.2, -0.15) is 0 Å². The minimum Gasteiger partial charge on any atom is -0.391 e. The Hall–Kier alpha value is -1.84. The quantitative estimate of drug-likeness (QED) is 0.904. The van der Waals surface area contributed by atoms with Gasteiger partial charge >= 0.3 is 0 Å². The molecule has 0 bridgehead atoms. The topological polar surface area (TPSA) is 35.5 Å². The van der Waals surface area contributed by atoms with Crippen molar-refractivity contribution in [2.75, 3.05) is 19.0 Å². The number of benzene rings is 2. The van der Waals surface area contributed by atoms with E-state index in [1.807, 2.05) is 26.2 Å². The average molecular weight is 282 g/mol. The van der Waals surface area contributed by atoms with Crippen molar-refractivity contribution in [2.45, 2.75) is 25.1 Å². The second kappa shape index (κ2) is 5.88. The Kier molecular flexibility index (Phi) is 3.95. The maximum atomic E-state index is 10.2. The van der Waals surface area contributed by atoms with Crippen molar-refractivity contribution in [3.05, 3.63) is 65.2 Å². The van der Waals surface area contributed by atoms with Gasteiger partial charge in [-0.3, -0.25) is 0 Å². The molecule has 0 spiro atoms. The summed E-state index contributed by atoms with van der Waals surface area (Å²) in [5.74, 6) is 0. The third-order valence-corrected chi connectivity index (χ3v) is 4.18. The van der Waals surface area contributed by atoms with Gasteiger partial charge in [-0.05, 0) is 28.8 Å². The van der Waals surface area contributed by atoms with Crippen LogP contribution in [0.25, 0.3) is 0 Å². The highest BCUT2D eigenvalue weighted by atomic mass is 16.3. The van der Waals surface area contributed by atoms with E-state index in [2.05, 4.69) is 46.6 Å². The number of hydrogen-bond acceptors (Lipinski definition) is 3. The number of aliphatic hydroxyl groups is 1. The lowest BCUT2D eigenvalue weighted by atomic mass is 10.1. The minimum atomic E-state index is -0.330. The van der Waals surface area contributed by atoms with E-state index < -0.39 is 0 Å². The Morgan fingerprint density at radius 2 is 1.81 bits per heavy atom. The number of nitrogens with zero attached hydrogens (tertiary/aromatic N) is 1. The number of hydrogen-bond donors (Lipinski definition) is 2. The van der Waals surface area contributed by atoms with Gasteiger partial charge in [0.1, 0.15) is 0 Å². The van der Waals surface area contributed by atoms with Crippen LogP contribution in [-0.4, -0.2) is 25.3 Å². The molecule has 0 aliphatic heterocycles. The lowest BCUT2D eigenvalue weighted by molar-refractivity contribution is 0.140. The van der Waals surface area contributed by atoms with Crippen molar-refractivity contribution >= 4 is 5.69 Å². The van der Waals surface area contributed by atoms with Crippen LogP contribution in [0.15, 0.2) is 48.5 Å². The smallest absolute Gasteiger partial charge is 0.0775 e. The van der Waals surface area contributed by atoms with Gasteiger partial charge in [0.25, 0.3) is 0 Å². The zero-order chi connectivity index (χ0) is 14.8. The van der Waals surface area contributed by atoms with Crippen LogP contribution in [0.1, 0.15) is 22.7 Å². The van der Waals surface area contributed by atoms with Crippen LogP contribution in [0.3, 0.4) is 0 Å². The molecular weight excluding hydrogens is 260 g/mol. The third-order valence-electron chi connectivity index (χ3n) is 4.18. The molecule has 110 valence electrons. The monoisotopic (exact) mass is 282 g/mol. The maximum absolute atomic E-state index is 10.2. The lowest BCUT2D eigenvalue weighted by Crippen LogP contribution is -2.28. The minimum absolute atomic E-state index is 0.0368. The molecule has 1 aliphatic rings. The Morgan fingerprint density at radius 1 is 1.10 bits per heavy atom. The van der Waals surface area contributed by atoms with Gasteiger partial charge in [-0.1, -0.05) is 36.4 Å². The second-order valence-corrected chi connectivity index (χ2v) is 5.89. The first-order valence-corrected chi connectivity index (χ1v) is 7.40. The van der Waals surface area contributed by atoms with Crippen LogP contribution < -0.4 is 10.2 Å². The van der Waals surface area contributed by atoms with Crippen LogP contribution in [0.4, 0.5) is 5.69 Å². The summed E-state index contributed by atoms with van der Waals surface area (Å²) in [5, 5.41) is 13.7. The first-order chi connectivity index (χ1) is 10.1. The molecule has 0 saturated carbocycles. The number of aliphatic hydroxyl groups excluding tert-OH is 1.